The van der Waals surface area contributed by atoms with Crippen LogP contribution in [0.3, 0.4) is 0 Å². The van der Waals surface area contributed by atoms with E-state index in [1.807, 2.05) is 60.8 Å². The molecule has 0 saturated heterocycles. The van der Waals surface area contributed by atoms with Crippen molar-refractivity contribution in [3.8, 4) is 16.9 Å². The molecule has 3 aromatic rings. The molecule has 0 bridgehead atoms. The van der Waals surface area contributed by atoms with Crippen LogP contribution in [0.2, 0.25) is 0 Å². The van der Waals surface area contributed by atoms with E-state index >= 15 is 0 Å². The van der Waals surface area contributed by atoms with Gasteiger partial charge in [0.05, 0.1) is 13.2 Å². The molecule has 0 aliphatic carbocycles. The molecule has 0 fully saturated rings. The predicted molar refractivity (Wildman–Crippen MR) is 144 cm³/mol. The summed E-state index contributed by atoms with van der Waals surface area (Å²) in [5.41, 5.74) is 3.16. The van der Waals surface area contributed by atoms with Crippen LogP contribution in [0, 0.1) is 6.92 Å². The van der Waals surface area contributed by atoms with Gasteiger partial charge in [0, 0.05) is 21.8 Å². The van der Waals surface area contributed by atoms with Crippen molar-refractivity contribution >= 4 is 61.5 Å². The van der Waals surface area contributed by atoms with Gasteiger partial charge in [-0.05, 0) is 62.3 Å². The van der Waals surface area contributed by atoms with E-state index in [9.17, 15) is 9.59 Å². The number of thiophene rings is 1. The van der Waals surface area contributed by atoms with Crippen molar-refractivity contribution in [2.75, 3.05) is 18.5 Å². The van der Waals surface area contributed by atoms with Crippen molar-refractivity contribution < 1.29 is 19.1 Å². The monoisotopic (exact) mass is 560 g/mol. The lowest BCUT2D eigenvalue weighted by molar-refractivity contribution is -0.119. The number of esters is 1. The van der Waals surface area contributed by atoms with Crippen molar-refractivity contribution in [1.82, 2.24) is 5.32 Å². The molecule has 1 amide bonds. The van der Waals surface area contributed by atoms with Crippen molar-refractivity contribution in [3.05, 3.63) is 69.5 Å². The highest BCUT2D eigenvalue weighted by Crippen LogP contribution is 2.36. The van der Waals surface area contributed by atoms with Gasteiger partial charge in [-0.15, -0.1) is 11.3 Å². The third-order valence-corrected chi connectivity index (χ3v) is 6.37. The first-order valence-corrected chi connectivity index (χ1v) is 12.8. The zero-order chi connectivity index (χ0) is 24.5. The molecule has 0 spiro atoms. The van der Waals surface area contributed by atoms with Crippen LogP contribution in [0.25, 0.3) is 11.1 Å². The number of rotatable bonds is 9. The lowest BCUT2D eigenvalue weighted by Crippen LogP contribution is -2.34. The molecule has 1 aromatic heterocycles. The molecule has 2 aromatic carbocycles. The Morgan fingerprint density at radius 3 is 2.47 bits per heavy atom. The Morgan fingerprint density at radius 2 is 1.79 bits per heavy atom. The topological polar surface area (TPSA) is 76.7 Å². The van der Waals surface area contributed by atoms with Crippen LogP contribution in [0.5, 0.6) is 5.75 Å². The highest BCUT2D eigenvalue weighted by atomic mass is 79.9. The minimum Gasteiger partial charge on any atom is -0.494 e. The molecular formula is C25H25BrN2O4S2. The number of ether oxygens (including phenoxy) is 2. The lowest BCUT2D eigenvalue weighted by atomic mass is 10.0. The molecule has 6 nitrogen and oxygen atoms in total. The minimum atomic E-state index is -0.452. The summed E-state index contributed by atoms with van der Waals surface area (Å²) in [5, 5.41) is 8.15. The fraction of sp³-hybridized carbons (Fsp3) is 0.240. The molecule has 0 aliphatic heterocycles. The van der Waals surface area contributed by atoms with Gasteiger partial charge in [-0.3, -0.25) is 4.79 Å². The summed E-state index contributed by atoms with van der Waals surface area (Å²) in [6.45, 7) is 4.44. The maximum absolute atomic E-state index is 12.7. The molecule has 1 heterocycles. The minimum absolute atomic E-state index is 0.124. The van der Waals surface area contributed by atoms with Gasteiger partial charge in [0.1, 0.15) is 16.3 Å². The van der Waals surface area contributed by atoms with Crippen LogP contribution in [0.15, 0.2) is 58.4 Å². The van der Waals surface area contributed by atoms with Crippen molar-refractivity contribution in [1.29, 1.82) is 0 Å². The Labute approximate surface area is 216 Å². The number of benzene rings is 2. The zero-order valence-electron chi connectivity index (χ0n) is 18.9. The van der Waals surface area contributed by atoms with Crippen molar-refractivity contribution in [3.63, 3.8) is 0 Å². The summed E-state index contributed by atoms with van der Waals surface area (Å²) in [6, 6.07) is 15.4. The highest BCUT2D eigenvalue weighted by Gasteiger charge is 2.22. The zero-order valence-corrected chi connectivity index (χ0v) is 22.1. The Balaban J connectivity index is 1.57. The number of hydrogen-bond acceptors (Lipinski definition) is 6. The van der Waals surface area contributed by atoms with E-state index in [-0.39, 0.29) is 24.0 Å². The average molecular weight is 562 g/mol. The number of thiocarbonyl (C=S) groups is 1. The first-order chi connectivity index (χ1) is 16.4. The van der Waals surface area contributed by atoms with Crippen molar-refractivity contribution in [2.45, 2.75) is 26.7 Å². The first-order valence-electron chi connectivity index (χ1n) is 10.7. The number of carbonyl (C=O) groups is 2. The summed E-state index contributed by atoms with van der Waals surface area (Å²) >= 11 is 10.1. The molecule has 2 N–H and O–H groups in total. The number of anilines is 1. The molecule has 0 saturated carbocycles. The van der Waals surface area contributed by atoms with Gasteiger partial charge >= 0.3 is 5.97 Å². The Morgan fingerprint density at radius 1 is 1.09 bits per heavy atom. The molecule has 0 unspecified atom stereocenters. The largest absolute Gasteiger partial charge is 0.494 e. The smallest absolute Gasteiger partial charge is 0.341 e. The van der Waals surface area contributed by atoms with E-state index in [0.717, 1.165) is 26.9 Å². The van der Waals surface area contributed by atoms with E-state index < -0.39 is 5.97 Å². The van der Waals surface area contributed by atoms with Crippen molar-refractivity contribution in [2.24, 2.45) is 0 Å². The van der Waals surface area contributed by atoms with Crippen LogP contribution in [0.1, 0.15) is 35.7 Å². The van der Waals surface area contributed by atoms with Crippen LogP contribution in [-0.2, 0) is 9.53 Å². The fourth-order valence-corrected chi connectivity index (χ4v) is 4.59. The van der Waals surface area contributed by atoms with Gasteiger partial charge in [0.25, 0.3) is 0 Å². The maximum atomic E-state index is 12.7. The number of halogens is 1. The van der Waals surface area contributed by atoms with Gasteiger partial charge < -0.3 is 20.1 Å². The molecule has 0 radical (unpaired) electrons. The molecule has 0 aliphatic rings. The second-order valence-corrected chi connectivity index (χ2v) is 9.55. The molecule has 9 heteroatoms. The predicted octanol–water partition coefficient (Wildman–Crippen LogP) is 6.33. The summed E-state index contributed by atoms with van der Waals surface area (Å²) in [4.78, 5) is 25.0. The Kier molecular flexibility index (Phi) is 9.62. The van der Waals surface area contributed by atoms with Gasteiger partial charge in [-0.2, -0.15) is 0 Å². The maximum Gasteiger partial charge on any atom is 0.341 e. The second-order valence-electron chi connectivity index (χ2n) is 7.35. The summed E-state index contributed by atoms with van der Waals surface area (Å²) < 4.78 is 11.8. The van der Waals surface area contributed by atoms with Gasteiger partial charge in [-0.1, -0.05) is 45.8 Å². The summed E-state index contributed by atoms with van der Waals surface area (Å²) in [7, 11) is 0. The van der Waals surface area contributed by atoms with E-state index in [2.05, 4.69) is 26.6 Å². The molecule has 3 rings (SSSR count). The van der Waals surface area contributed by atoms with Crippen LogP contribution >= 0.6 is 39.5 Å². The quantitative estimate of drug-likeness (QED) is 0.181. The number of hydrogen-bond donors (Lipinski definition) is 2. The number of aryl methyl sites for hydroxylation is 1. The molecule has 34 heavy (non-hydrogen) atoms. The highest BCUT2D eigenvalue weighted by molar-refractivity contribution is 9.10. The SMILES string of the molecule is CCOC(=O)c1c(-c2ccc(Br)cc2)csc1NC(=S)NC(=O)CCCOc1ccc(C)cc1. The van der Waals surface area contributed by atoms with E-state index in [1.54, 1.807) is 6.92 Å². The van der Waals surface area contributed by atoms with E-state index in [0.29, 0.717) is 23.6 Å². The fourth-order valence-electron chi connectivity index (χ4n) is 3.08. The van der Waals surface area contributed by atoms with Gasteiger partial charge in [0.15, 0.2) is 5.11 Å². The number of carbonyl (C=O) groups excluding carboxylic acids is 2. The number of amides is 1. The van der Waals surface area contributed by atoms with Crippen LogP contribution < -0.4 is 15.4 Å². The summed E-state index contributed by atoms with van der Waals surface area (Å²) in [5.74, 6) is 0.0906. The standard InChI is InChI=1S/C25H25BrN2O4S2/c1-3-31-24(30)22-20(17-8-10-18(26)11-9-17)15-34-23(22)28-25(33)27-21(29)5-4-14-32-19-12-6-16(2)7-13-19/h6-13,15H,3-5,14H2,1-2H3,(H2,27,28,29,33). The molecule has 0 atom stereocenters. The third-order valence-electron chi connectivity index (χ3n) is 4.74. The van der Waals surface area contributed by atoms with E-state index in [1.165, 1.54) is 11.3 Å². The second kappa shape index (κ2) is 12.6. The lowest BCUT2D eigenvalue weighted by Gasteiger charge is -2.11. The Bertz CT molecular complexity index is 1140. The number of nitrogens with one attached hydrogen (secondary N) is 2. The van der Waals surface area contributed by atoms with Crippen LogP contribution in [0.4, 0.5) is 5.00 Å². The molecule has 178 valence electrons. The first kappa shape index (κ1) is 25.9. The van der Waals surface area contributed by atoms with Gasteiger partial charge in [0.2, 0.25) is 5.91 Å². The van der Waals surface area contributed by atoms with E-state index in [4.69, 9.17) is 21.7 Å². The Hall–Kier alpha value is -2.75. The normalized spacial score (nSPS) is 10.4. The van der Waals surface area contributed by atoms with Gasteiger partial charge in [-0.25, -0.2) is 4.79 Å². The molecular weight excluding hydrogens is 536 g/mol. The third kappa shape index (κ3) is 7.38. The van der Waals surface area contributed by atoms with Crippen LogP contribution in [-0.4, -0.2) is 30.2 Å². The average Bonchev–Trinajstić information content (AvgIpc) is 3.22. The summed E-state index contributed by atoms with van der Waals surface area (Å²) in [6.07, 6.45) is 0.802.